The van der Waals surface area contributed by atoms with Crippen LogP contribution >= 0.6 is 0 Å². The van der Waals surface area contributed by atoms with Gasteiger partial charge in [-0.2, -0.15) is 5.26 Å². The summed E-state index contributed by atoms with van der Waals surface area (Å²) in [6.45, 7) is 1.86. The van der Waals surface area contributed by atoms with Crippen LogP contribution in [0, 0.1) is 18.3 Å². The molecule has 6 nitrogen and oxygen atoms in total. The number of nitriles is 1. The number of carbonyl (C=O) groups is 2. The number of nitrogens with one attached hydrogen (secondary N) is 1. The van der Waals surface area contributed by atoms with E-state index in [1.807, 2.05) is 25.1 Å². The van der Waals surface area contributed by atoms with Crippen LogP contribution in [-0.4, -0.2) is 17.0 Å². The lowest BCUT2D eigenvalue weighted by atomic mass is 10.1. The number of nitrogens with zero attached hydrogens (tertiary/aromatic N) is 1. The molecule has 3 aromatic rings. The molecule has 2 aromatic carbocycles. The van der Waals surface area contributed by atoms with Crippen molar-refractivity contribution < 1.29 is 19.1 Å². The predicted molar refractivity (Wildman–Crippen MR) is 105 cm³/mol. The van der Waals surface area contributed by atoms with E-state index in [0.717, 1.165) is 5.56 Å². The second-order valence-electron chi connectivity index (χ2n) is 6.03. The van der Waals surface area contributed by atoms with Crippen molar-refractivity contribution in [2.24, 2.45) is 0 Å². The van der Waals surface area contributed by atoms with E-state index in [1.165, 1.54) is 18.2 Å². The fraction of sp³-hybridized carbons (Fsp3) is 0.0455. The minimum Gasteiger partial charge on any atom is -0.478 e. The lowest BCUT2D eigenvalue weighted by Crippen LogP contribution is -2.14. The van der Waals surface area contributed by atoms with E-state index in [2.05, 4.69) is 5.32 Å². The highest BCUT2D eigenvalue weighted by Gasteiger charge is 2.13. The number of carboxylic acid groups (broad SMARTS) is 1. The molecule has 0 atom stereocenters. The maximum Gasteiger partial charge on any atom is 0.335 e. The molecule has 28 heavy (non-hydrogen) atoms. The monoisotopic (exact) mass is 372 g/mol. The standard InChI is InChI=1S/C22H16N2O4/c1-14-5-2-3-8-19(14)24-21(25)17(13-23)12-18-9-10-20(28-18)15-6-4-7-16(11-15)22(26)27/h2-12H,1H3,(H,24,25)(H,26,27)/b17-12+. The highest BCUT2D eigenvalue weighted by Crippen LogP contribution is 2.24. The summed E-state index contributed by atoms with van der Waals surface area (Å²) < 4.78 is 5.66. The fourth-order valence-corrected chi connectivity index (χ4v) is 2.58. The number of para-hydroxylation sites is 1. The van der Waals surface area contributed by atoms with Gasteiger partial charge >= 0.3 is 5.97 Å². The van der Waals surface area contributed by atoms with Crippen molar-refractivity contribution in [1.29, 1.82) is 5.26 Å². The second-order valence-corrected chi connectivity index (χ2v) is 6.03. The molecule has 0 aliphatic heterocycles. The first kappa shape index (κ1) is 18.7. The van der Waals surface area contributed by atoms with Crippen LogP contribution < -0.4 is 5.32 Å². The number of anilines is 1. The molecule has 0 saturated carbocycles. The lowest BCUT2D eigenvalue weighted by Gasteiger charge is -2.06. The normalized spacial score (nSPS) is 10.9. The first-order chi connectivity index (χ1) is 13.5. The molecule has 2 N–H and O–H groups in total. The molecule has 0 fully saturated rings. The first-order valence-corrected chi connectivity index (χ1v) is 8.40. The number of rotatable bonds is 5. The van der Waals surface area contributed by atoms with Crippen LogP contribution in [0.4, 0.5) is 5.69 Å². The molecule has 0 bridgehead atoms. The van der Waals surface area contributed by atoms with Crippen molar-refractivity contribution in [2.75, 3.05) is 5.32 Å². The summed E-state index contributed by atoms with van der Waals surface area (Å²) in [6, 6.07) is 18.7. The van der Waals surface area contributed by atoms with E-state index in [0.29, 0.717) is 22.8 Å². The number of benzene rings is 2. The van der Waals surface area contributed by atoms with Crippen molar-refractivity contribution >= 4 is 23.6 Å². The van der Waals surface area contributed by atoms with Gasteiger partial charge in [-0.25, -0.2) is 4.79 Å². The van der Waals surface area contributed by atoms with E-state index in [9.17, 15) is 14.9 Å². The van der Waals surface area contributed by atoms with Crippen LogP contribution in [0.25, 0.3) is 17.4 Å². The van der Waals surface area contributed by atoms with Crippen LogP contribution in [0.5, 0.6) is 0 Å². The maximum absolute atomic E-state index is 12.4. The van der Waals surface area contributed by atoms with Gasteiger partial charge in [0.15, 0.2) is 0 Å². The van der Waals surface area contributed by atoms with Crippen molar-refractivity contribution in [1.82, 2.24) is 0 Å². The number of aromatic carboxylic acids is 1. The quantitative estimate of drug-likeness (QED) is 0.507. The Morgan fingerprint density at radius 2 is 1.89 bits per heavy atom. The zero-order chi connectivity index (χ0) is 20.1. The number of hydrogen-bond acceptors (Lipinski definition) is 4. The van der Waals surface area contributed by atoms with Gasteiger partial charge in [0.2, 0.25) is 0 Å². The Morgan fingerprint density at radius 1 is 1.11 bits per heavy atom. The van der Waals surface area contributed by atoms with E-state index in [-0.39, 0.29) is 11.1 Å². The molecule has 0 spiro atoms. The summed E-state index contributed by atoms with van der Waals surface area (Å²) in [5.74, 6) is -0.825. The average molecular weight is 372 g/mol. The van der Waals surface area contributed by atoms with Gasteiger partial charge in [-0.3, -0.25) is 4.79 Å². The summed E-state index contributed by atoms with van der Waals surface area (Å²) in [6.07, 6.45) is 1.35. The molecule has 6 heteroatoms. The minimum atomic E-state index is -1.03. The highest BCUT2D eigenvalue weighted by atomic mass is 16.4. The third kappa shape index (κ3) is 4.17. The zero-order valence-electron chi connectivity index (χ0n) is 15.0. The molecule has 1 heterocycles. The SMILES string of the molecule is Cc1ccccc1NC(=O)/C(C#N)=C/c1ccc(-c2cccc(C(=O)O)c2)o1. The topological polar surface area (TPSA) is 103 Å². The Labute approximate surface area is 161 Å². The van der Waals surface area contributed by atoms with E-state index < -0.39 is 11.9 Å². The number of amides is 1. The average Bonchev–Trinajstić information content (AvgIpc) is 3.16. The van der Waals surface area contributed by atoms with Crippen molar-refractivity contribution in [3.05, 3.63) is 83.1 Å². The molecule has 1 amide bonds. The minimum absolute atomic E-state index is 0.108. The van der Waals surface area contributed by atoms with Gasteiger partial charge in [0.05, 0.1) is 5.56 Å². The second kappa shape index (κ2) is 8.06. The van der Waals surface area contributed by atoms with Crippen molar-refractivity contribution in [2.45, 2.75) is 6.92 Å². The number of aryl methyl sites for hydroxylation is 1. The molecule has 0 unspecified atom stereocenters. The Morgan fingerprint density at radius 3 is 2.61 bits per heavy atom. The Kier molecular flexibility index (Phi) is 5.38. The molecular weight excluding hydrogens is 356 g/mol. The third-order valence-corrected chi connectivity index (χ3v) is 4.07. The van der Waals surface area contributed by atoms with Crippen molar-refractivity contribution in [3.8, 4) is 17.4 Å². The van der Waals surface area contributed by atoms with E-state index in [4.69, 9.17) is 9.52 Å². The van der Waals surface area contributed by atoms with Gasteiger partial charge in [0.25, 0.3) is 5.91 Å². The number of furan rings is 1. The molecule has 0 aliphatic rings. The molecular formula is C22H16N2O4. The van der Waals surface area contributed by atoms with Gasteiger partial charge in [-0.05, 0) is 42.8 Å². The predicted octanol–water partition coefficient (Wildman–Crippen LogP) is 4.50. The summed E-state index contributed by atoms with van der Waals surface area (Å²) >= 11 is 0. The van der Waals surface area contributed by atoms with Crippen LogP contribution in [0.15, 0.2) is 70.7 Å². The molecule has 1 aromatic heterocycles. The van der Waals surface area contributed by atoms with Gasteiger partial charge in [-0.1, -0.05) is 30.3 Å². The molecule has 0 radical (unpaired) electrons. The maximum atomic E-state index is 12.4. The van der Waals surface area contributed by atoms with E-state index in [1.54, 1.807) is 36.4 Å². The van der Waals surface area contributed by atoms with Gasteiger partial charge in [-0.15, -0.1) is 0 Å². The van der Waals surface area contributed by atoms with Crippen molar-refractivity contribution in [3.63, 3.8) is 0 Å². The zero-order valence-corrected chi connectivity index (χ0v) is 15.0. The summed E-state index contributed by atoms with van der Waals surface area (Å²) in [4.78, 5) is 23.5. The van der Waals surface area contributed by atoms with E-state index >= 15 is 0 Å². The summed E-state index contributed by atoms with van der Waals surface area (Å²) in [5.41, 5.74) is 2.12. The Hall–Kier alpha value is -4.11. The fourth-order valence-electron chi connectivity index (χ4n) is 2.58. The number of hydrogen-bond donors (Lipinski definition) is 2. The lowest BCUT2D eigenvalue weighted by molar-refractivity contribution is -0.112. The van der Waals surface area contributed by atoms with Crippen LogP contribution in [0.3, 0.4) is 0 Å². The molecule has 0 aliphatic carbocycles. The molecule has 138 valence electrons. The van der Waals surface area contributed by atoms with Crippen LogP contribution in [0.2, 0.25) is 0 Å². The Bertz CT molecular complexity index is 1120. The molecule has 3 rings (SSSR count). The number of carbonyl (C=O) groups excluding carboxylic acids is 1. The van der Waals surface area contributed by atoms with Crippen LogP contribution in [-0.2, 0) is 4.79 Å². The Balaban J connectivity index is 1.83. The highest BCUT2D eigenvalue weighted by molar-refractivity contribution is 6.09. The van der Waals surface area contributed by atoms with Gasteiger partial charge < -0.3 is 14.8 Å². The largest absolute Gasteiger partial charge is 0.478 e. The summed E-state index contributed by atoms with van der Waals surface area (Å²) in [5, 5.41) is 21.1. The third-order valence-electron chi connectivity index (χ3n) is 4.07. The first-order valence-electron chi connectivity index (χ1n) is 8.40. The molecule has 0 saturated heterocycles. The van der Waals surface area contributed by atoms with Crippen LogP contribution in [0.1, 0.15) is 21.7 Å². The van der Waals surface area contributed by atoms with Gasteiger partial charge in [0, 0.05) is 17.3 Å². The summed E-state index contributed by atoms with van der Waals surface area (Å²) in [7, 11) is 0. The number of carboxylic acids is 1. The smallest absolute Gasteiger partial charge is 0.335 e. The van der Waals surface area contributed by atoms with Gasteiger partial charge in [0.1, 0.15) is 23.2 Å².